The van der Waals surface area contributed by atoms with E-state index in [1.165, 1.54) is 0 Å². The van der Waals surface area contributed by atoms with Crippen LogP contribution in [0.25, 0.3) is 0 Å². The van der Waals surface area contributed by atoms with Crippen molar-refractivity contribution in [2.75, 3.05) is 17.5 Å². The van der Waals surface area contributed by atoms with Crippen LogP contribution in [0.4, 0.5) is 0 Å². The molecule has 0 N–H and O–H groups in total. The molecule has 1 aliphatic heterocycles. The second-order valence-corrected chi connectivity index (χ2v) is 2.90. The van der Waals surface area contributed by atoms with Gasteiger partial charge in [-0.15, -0.1) is 0 Å². The summed E-state index contributed by atoms with van der Waals surface area (Å²) in [6, 6.07) is 0. The summed E-state index contributed by atoms with van der Waals surface area (Å²) in [6.07, 6.45) is -5.25. The predicted octanol–water partition coefficient (Wildman–Crippen LogP) is 2.74. The van der Waals surface area contributed by atoms with Gasteiger partial charge >= 0.3 is 0 Å². The summed E-state index contributed by atoms with van der Waals surface area (Å²) in [6.45, 7) is -2.64. The van der Waals surface area contributed by atoms with Crippen molar-refractivity contribution in [3.8, 4) is 0 Å². The van der Waals surface area contributed by atoms with Gasteiger partial charge in [-0.05, 0) is 36.4 Å². The Kier molecular flexibility index (Phi) is 2.38. The van der Waals surface area contributed by atoms with Crippen LogP contribution in [0.1, 0.15) is 43.0 Å². The minimum Gasteiger partial charge on any atom is -0.353 e. The zero-order valence-corrected chi connectivity index (χ0v) is 8.76. The van der Waals surface area contributed by atoms with E-state index < -0.39 is 30.0 Å². The van der Waals surface area contributed by atoms with E-state index in [0.29, 0.717) is 13.0 Å². The van der Waals surface area contributed by atoms with E-state index in [1.807, 2.05) is 0 Å². The van der Waals surface area contributed by atoms with E-state index in [2.05, 4.69) is 0 Å². The van der Waals surface area contributed by atoms with Crippen molar-refractivity contribution in [1.82, 2.24) is 0 Å². The van der Waals surface area contributed by atoms with Gasteiger partial charge in [-0.25, -0.2) is 0 Å². The van der Waals surface area contributed by atoms with E-state index in [1.54, 1.807) is 0 Å². The molecule has 0 radical (unpaired) electrons. The first-order chi connectivity index (χ1) is 8.83. The molecular weight excluding hydrogens is 267 g/mol. The third-order valence-corrected chi connectivity index (χ3v) is 1.76. The van der Waals surface area contributed by atoms with Crippen molar-refractivity contribution < 1.29 is 20.4 Å². The number of hydrogen-bond donors (Lipinski definition) is 0. The molecule has 2 nitrogen and oxygen atoms in total. The van der Waals surface area contributed by atoms with Crippen molar-refractivity contribution in [3.63, 3.8) is 0 Å². The summed E-state index contributed by atoms with van der Waals surface area (Å²) in [5.41, 5.74) is 0. The highest BCUT2D eigenvalue weighted by molar-refractivity contribution is 14.1. The van der Waals surface area contributed by atoms with E-state index >= 15 is 0 Å². The Morgan fingerprint density at radius 3 is 3.08 bits per heavy atom. The molecule has 12 heavy (non-hydrogen) atoms. The Bertz CT molecular complexity index is 337. The molecule has 0 bridgehead atoms. The van der Waals surface area contributed by atoms with Crippen LogP contribution >= 0.6 is 22.6 Å². The van der Waals surface area contributed by atoms with Gasteiger partial charge < -0.3 is 9.47 Å². The van der Waals surface area contributed by atoms with Crippen LogP contribution in [0.5, 0.6) is 0 Å². The molecule has 1 fully saturated rings. The SMILES string of the molecule is [2H]C([2H])(I)C([2H])([2H])C([2H])([2H])C([2H])([2H])OC1CCCCO1. The number of halogens is 1. The molecule has 0 aliphatic carbocycles. The Hall–Kier alpha value is 0.650. The standard InChI is InChI=1S/C9H17IO2/c10-6-2-4-8-12-9-5-1-3-7-11-9/h9H,1-8H2/i2D2,4D2,6D2,8D2. The molecule has 0 aromatic carbocycles. The van der Waals surface area contributed by atoms with E-state index in [4.69, 9.17) is 20.4 Å². The van der Waals surface area contributed by atoms with E-state index in [-0.39, 0.29) is 0 Å². The van der Waals surface area contributed by atoms with Crippen LogP contribution in [-0.2, 0) is 9.47 Å². The van der Waals surface area contributed by atoms with Crippen molar-refractivity contribution in [1.29, 1.82) is 0 Å². The summed E-state index contributed by atoms with van der Waals surface area (Å²) < 4.78 is 68.2. The average Bonchev–Trinajstić information content (AvgIpc) is 2.27. The monoisotopic (exact) mass is 292 g/mol. The van der Waals surface area contributed by atoms with Crippen LogP contribution in [0.3, 0.4) is 0 Å². The number of ether oxygens (including phenoxy) is 2. The highest BCUT2D eigenvalue weighted by Gasteiger charge is 2.12. The molecule has 0 amide bonds. The molecule has 0 spiro atoms. The van der Waals surface area contributed by atoms with Gasteiger partial charge in [0.25, 0.3) is 0 Å². The maximum atomic E-state index is 7.70. The fraction of sp³-hybridized carbons (Fsp3) is 1.00. The smallest absolute Gasteiger partial charge is 0.157 e. The lowest BCUT2D eigenvalue weighted by Gasteiger charge is -2.22. The maximum absolute atomic E-state index is 7.70. The average molecular weight is 292 g/mol. The van der Waals surface area contributed by atoms with Crippen molar-refractivity contribution in [3.05, 3.63) is 0 Å². The molecule has 3 heteroatoms. The quantitative estimate of drug-likeness (QED) is 0.573. The zero-order chi connectivity index (χ0) is 15.8. The van der Waals surface area contributed by atoms with Gasteiger partial charge in [-0.1, -0.05) is 22.6 Å². The van der Waals surface area contributed by atoms with Crippen molar-refractivity contribution in [2.24, 2.45) is 0 Å². The van der Waals surface area contributed by atoms with Gasteiger partial charge in [0.05, 0.1) is 2.74 Å². The Balaban J connectivity index is 2.93. The highest BCUT2D eigenvalue weighted by Crippen LogP contribution is 2.13. The Morgan fingerprint density at radius 1 is 1.50 bits per heavy atom. The lowest BCUT2D eigenvalue weighted by atomic mass is 10.2. The minimum atomic E-state index is -3.19. The topological polar surface area (TPSA) is 18.5 Å². The van der Waals surface area contributed by atoms with E-state index in [9.17, 15) is 0 Å². The van der Waals surface area contributed by atoms with Crippen LogP contribution in [0.15, 0.2) is 0 Å². The Labute approximate surface area is 99.4 Å². The molecule has 1 saturated heterocycles. The zero-order valence-electron chi connectivity index (χ0n) is 14.6. The molecule has 1 heterocycles. The fourth-order valence-electron chi connectivity index (χ4n) is 0.948. The van der Waals surface area contributed by atoms with Gasteiger partial charge in [0.1, 0.15) is 0 Å². The molecule has 72 valence electrons. The first-order valence-corrected chi connectivity index (χ1v) is 4.89. The van der Waals surface area contributed by atoms with Crippen LogP contribution in [0, 0.1) is 0 Å². The molecule has 1 atom stereocenters. The third kappa shape index (κ3) is 4.62. The van der Waals surface area contributed by atoms with Crippen molar-refractivity contribution >= 4 is 22.6 Å². The number of hydrogen-bond acceptors (Lipinski definition) is 2. The van der Waals surface area contributed by atoms with Gasteiger partial charge in [-0.2, -0.15) is 0 Å². The normalized spacial score (nSPS) is 38.9. The van der Waals surface area contributed by atoms with Crippen LogP contribution in [0.2, 0.25) is 0 Å². The summed E-state index contributed by atoms with van der Waals surface area (Å²) in [4.78, 5) is 0. The van der Waals surface area contributed by atoms with Crippen LogP contribution < -0.4 is 0 Å². The first-order valence-electron chi connectivity index (χ1n) is 7.81. The summed E-state index contributed by atoms with van der Waals surface area (Å²) in [5.74, 6) is 0. The lowest BCUT2D eigenvalue weighted by molar-refractivity contribution is -0.162. The maximum Gasteiger partial charge on any atom is 0.157 e. The van der Waals surface area contributed by atoms with Gasteiger partial charge in [0.15, 0.2) is 6.29 Å². The predicted molar refractivity (Wildman–Crippen MR) is 57.7 cm³/mol. The van der Waals surface area contributed by atoms with Crippen LogP contribution in [-0.4, -0.2) is 23.8 Å². The summed E-state index contributed by atoms with van der Waals surface area (Å²) >= 11 is 1.12. The fourth-order valence-corrected chi connectivity index (χ4v) is 1.08. The van der Waals surface area contributed by atoms with E-state index in [0.717, 1.165) is 35.4 Å². The number of alkyl halides is 1. The van der Waals surface area contributed by atoms with Gasteiger partial charge in [0.2, 0.25) is 0 Å². The molecule has 0 aromatic rings. The Morgan fingerprint density at radius 2 is 2.42 bits per heavy atom. The first kappa shape index (κ1) is 4.03. The summed E-state index contributed by atoms with van der Waals surface area (Å²) in [5, 5.41) is 0. The molecular formula is C9H17IO2. The molecule has 1 unspecified atom stereocenters. The number of rotatable bonds is 5. The second kappa shape index (κ2) is 7.09. The minimum absolute atomic E-state index is 0.379. The van der Waals surface area contributed by atoms with Gasteiger partial charge in [0, 0.05) is 21.4 Å². The highest BCUT2D eigenvalue weighted by atomic mass is 127. The largest absolute Gasteiger partial charge is 0.353 e. The lowest BCUT2D eigenvalue weighted by Crippen LogP contribution is -2.22. The molecule has 0 aromatic heterocycles. The molecule has 1 rings (SSSR count). The van der Waals surface area contributed by atoms with Gasteiger partial charge in [-0.3, -0.25) is 0 Å². The molecule has 1 aliphatic rings. The molecule has 0 saturated carbocycles. The second-order valence-electron chi connectivity index (χ2n) is 2.36. The summed E-state index contributed by atoms with van der Waals surface area (Å²) in [7, 11) is 0. The third-order valence-electron chi connectivity index (χ3n) is 1.49. The van der Waals surface area contributed by atoms with Crippen molar-refractivity contribution in [2.45, 2.75) is 38.3 Å².